The third kappa shape index (κ3) is 6.33. The molecule has 1 aromatic carbocycles. The zero-order valence-corrected chi connectivity index (χ0v) is 22.0. The number of rotatable bonds is 5. The summed E-state index contributed by atoms with van der Waals surface area (Å²) in [5.74, 6) is -0.427. The van der Waals surface area contributed by atoms with Crippen LogP contribution in [-0.2, 0) is 9.53 Å². The van der Waals surface area contributed by atoms with Gasteiger partial charge in [-0.05, 0) is 52.7 Å². The number of urea groups is 2. The van der Waals surface area contributed by atoms with Crippen molar-refractivity contribution in [3.05, 3.63) is 46.2 Å². The Bertz CT molecular complexity index is 1010. The highest BCUT2D eigenvalue weighted by atomic mass is 16.5. The van der Waals surface area contributed by atoms with Crippen LogP contribution in [0.25, 0.3) is 0 Å². The maximum atomic E-state index is 13.2. The molecule has 9 nitrogen and oxygen atoms in total. The van der Waals surface area contributed by atoms with Crippen molar-refractivity contribution in [3.63, 3.8) is 0 Å². The lowest BCUT2D eigenvalue weighted by atomic mass is 9.90. The molecule has 0 radical (unpaired) electrons. The SMILES string of the molecule is CCOC(=O)C1=C(CN2CCN(C(=O)NC(C)(C)C)CC2)N(C)C(=O)NC1c1cc(C)ccc1C. The second-order valence-corrected chi connectivity index (χ2v) is 10.3. The van der Waals surface area contributed by atoms with E-state index in [4.69, 9.17) is 4.74 Å². The van der Waals surface area contributed by atoms with Gasteiger partial charge in [-0.15, -0.1) is 0 Å². The monoisotopic (exact) mass is 485 g/mol. The minimum absolute atomic E-state index is 0.0762. The summed E-state index contributed by atoms with van der Waals surface area (Å²) < 4.78 is 5.45. The van der Waals surface area contributed by atoms with E-state index >= 15 is 0 Å². The standard InChI is InChI=1S/C26H39N5O4/c1-8-35-23(32)21-20(16-30-11-13-31(14-12-30)25(34)28-26(4,5)6)29(7)24(33)27-22(21)19-15-17(2)9-10-18(19)3/h9-10,15,22H,8,11-14,16H2,1-7H3,(H,27,33)(H,28,34). The Labute approximate surface area is 208 Å². The predicted octanol–water partition coefficient (Wildman–Crippen LogP) is 2.94. The molecule has 2 aliphatic heterocycles. The third-order valence-corrected chi connectivity index (χ3v) is 6.33. The van der Waals surface area contributed by atoms with Crippen LogP contribution in [-0.4, -0.2) is 84.6 Å². The predicted molar refractivity (Wildman–Crippen MR) is 135 cm³/mol. The molecule has 0 saturated carbocycles. The zero-order chi connectivity index (χ0) is 25.9. The first kappa shape index (κ1) is 26.5. The highest BCUT2D eigenvalue weighted by Gasteiger charge is 2.38. The van der Waals surface area contributed by atoms with Gasteiger partial charge in [0.05, 0.1) is 18.2 Å². The lowest BCUT2D eigenvalue weighted by molar-refractivity contribution is -0.139. The lowest BCUT2D eigenvalue weighted by Crippen LogP contribution is -2.56. The fraction of sp³-hybridized carbons (Fsp3) is 0.577. The molecule has 3 rings (SSSR count). The average molecular weight is 486 g/mol. The summed E-state index contributed by atoms with van der Waals surface area (Å²) in [5, 5.41) is 6.00. The molecule has 1 aromatic rings. The van der Waals surface area contributed by atoms with E-state index in [2.05, 4.69) is 15.5 Å². The first-order valence-electron chi connectivity index (χ1n) is 12.2. The number of nitrogens with zero attached hydrogens (tertiary/aromatic N) is 3. The van der Waals surface area contributed by atoms with E-state index in [0.717, 1.165) is 16.7 Å². The molecule has 0 aromatic heterocycles. The van der Waals surface area contributed by atoms with Gasteiger partial charge in [-0.25, -0.2) is 14.4 Å². The minimum Gasteiger partial charge on any atom is -0.463 e. The van der Waals surface area contributed by atoms with E-state index in [0.29, 0.717) is 44.0 Å². The van der Waals surface area contributed by atoms with Crippen molar-refractivity contribution in [3.8, 4) is 0 Å². The van der Waals surface area contributed by atoms with Gasteiger partial charge in [0.15, 0.2) is 0 Å². The van der Waals surface area contributed by atoms with Crippen molar-refractivity contribution in [2.75, 3.05) is 46.4 Å². The Hall–Kier alpha value is -3.07. The van der Waals surface area contributed by atoms with Gasteiger partial charge in [-0.1, -0.05) is 23.8 Å². The second-order valence-electron chi connectivity index (χ2n) is 10.3. The molecular formula is C26H39N5O4. The van der Waals surface area contributed by atoms with Crippen LogP contribution in [0, 0.1) is 13.8 Å². The summed E-state index contributed by atoms with van der Waals surface area (Å²) in [6.07, 6.45) is 0. The first-order chi connectivity index (χ1) is 16.4. The number of nitrogens with one attached hydrogen (secondary N) is 2. The summed E-state index contributed by atoms with van der Waals surface area (Å²) in [6, 6.07) is 5.09. The van der Waals surface area contributed by atoms with Crippen molar-refractivity contribution in [2.24, 2.45) is 0 Å². The lowest BCUT2D eigenvalue weighted by Gasteiger charge is -2.40. The molecule has 192 valence electrons. The molecule has 35 heavy (non-hydrogen) atoms. The number of aryl methyl sites for hydroxylation is 2. The van der Waals surface area contributed by atoms with E-state index in [-0.39, 0.29) is 24.2 Å². The molecule has 2 N–H and O–H groups in total. The molecule has 4 amide bonds. The fourth-order valence-corrected chi connectivity index (χ4v) is 4.42. The van der Waals surface area contributed by atoms with Gasteiger partial charge >= 0.3 is 18.0 Å². The number of amides is 4. The van der Waals surface area contributed by atoms with Gasteiger partial charge in [0.1, 0.15) is 0 Å². The molecule has 0 aliphatic carbocycles. The Kier molecular flexibility index (Phi) is 8.10. The quantitative estimate of drug-likeness (QED) is 0.626. The van der Waals surface area contributed by atoms with Crippen LogP contribution in [0.4, 0.5) is 9.59 Å². The molecule has 1 fully saturated rings. The summed E-state index contributed by atoms with van der Waals surface area (Å²) in [4.78, 5) is 44.2. The van der Waals surface area contributed by atoms with Crippen molar-refractivity contribution in [1.29, 1.82) is 0 Å². The summed E-state index contributed by atoms with van der Waals surface area (Å²) in [7, 11) is 1.68. The average Bonchev–Trinajstić information content (AvgIpc) is 2.77. The zero-order valence-electron chi connectivity index (χ0n) is 22.0. The number of esters is 1. The van der Waals surface area contributed by atoms with E-state index in [1.165, 1.54) is 4.90 Å². The maximum Gasteiger partial charge on any atom is 0.338 e. The first-order valence-corrected chi connectivity index (χ1v) is 12.2. The van der Waals surface area contributed by atoms with Crippen LogP contribution in [0.2, 0.25) is 0 Å². The topological polar surface area (TPSA) is 94.2 Å². The Balaban J connectivity index is 1.89. The summed E-state index contributed by atoms with van der Waals surface area (Å²) >= 11 is 0. The number of ether oxygens (including phenoxy) is 1. The maximum absolute atomic E-state index is 13.2. The van der Waals surface area contributed by atoms with Crippen LogP contribution >= 0.6 is 0 Å². The molecule has 0 bridgehead atoms. The molecule has 1 unspecified atom stereocenters. The van der Waals surface area contributed by atoms with E-state index in [9.17, 15) is 14.4 Å². The van der Waals surface area contributed by atoms with Gasteiger partial charge in [0.2, 0.25) is 0 Å². The summed E-state index contributed by atoms with van der Waals surface area (Å²) in [5.41, 5.74) is 3.71. The van der Waals surface area contributed by atoms with Crippen LogP contribution in [0.1, 0.15) is 50.4 Å². The smallest absolute Gasteiger partial charge is 0.338 e. The van der Waals surface area contributed by atoms with Gasteiger partial charge in [-0.2, -0.15) is 0 Å². The molecule has 2 aliphatic rings. The second kappa shape index (κ2) is 10.7. The van der Waals surface area contributed by atoms with Gasteiger partial charge in [0, 0.05) is 51.0 Å². The minimum atomic E-state index is -0.591. The van der Waals surface area contributed by atoms with Crippen LogP contribution < -0.4 is 10.6 Å². The van der Waals surface area contributed by atoms with Crippen molar-refractivity contribution >= 4 is 18.0 Å². The highest BCUT2D eigenvalue weighted by molar-refractivity contribution is 5.95. The van der Waals surface area contributed by atoms with E-state index in [1.807, 2.05) is 52.8 Å². The molecule has 9 heteroatoms. The normalized spacial score (nSPS) is 19.5. The molecule has 2 heterocycles. The fourth-order valence-electron chi connectivity index (χ4n) is 4.42. The van der Waals surface area contributed by atoms with Crippen LogP contribution in [0.5, 0.6) is 0 Å². The largest absolute Gasteiger partial charge is 0.463 e. The Morgan fingerprint density at radius 2 is 1.80 bits per heavy atom. The number of hydrogen-bond donors (Lipinski definition) is 2. The number of carbonyl (C=O) groups is 3. The summed E-state index contributed by atoms with van der Waals surface area (Å²) in [6.45, 7) is 14.7. The number of carbonyl (C=O) groups excluding carboxylic acids is 3. The number of benzene rings is 1. The molecule has 0 spiro atoms. The van der Waals surface area contributed by atoms with E-state index < -0.39 is 12.0 Å². The van der Waals surface area contributed by atoms with Gasteiger partial charge < -0.3 is 20.3 Å². The number of hydrogen-bond acceptors (Lipinski definition) is 5. The highest BCUT2D eigenvalue weighted by Crippen LogP contribution is 2.33. The van der Waals surface area contributed by atoms with Gasteiger partial charge in [0.25, 0.3) is 0 Å². The van der Waals surface area contributed by atoms with Crippen molar-refractivity contribution < 1.29 is 19.1 Å². The number of piperazine rings is 1. The molecule has 1 saturated heterocycles. The molecule has 1 atom stereocenters. The van der Waals surface area contributed by atoms with Gasteiger partial charge in [-0.3, -0.25) is 9.80 Å². The number of likely N-dealkylation sites (N-methyl/N-ethyl adjacent to an activating group) is 1. The Morgan fingerprint density at radius 3 is 2.40 bits per heavy atom. The van der Waals surface area contributed by atoms with E-state index in [1.54, 1.807) is 18.9 Å². The van der Waals surface area contributed by atoms with Crippen LogP contribution in [0.3, 0.4) is 0 Å². The van der Waals surface area contributed by atoms with Crippen molar-refractivity contribution in [2.45, 2.75) is 53.1 Å². The van der Waals surface area contributed by atoms with Crippen molar-refractivity contribution in [1.82, 2.24) is 25.3 Å². The molecular weight excluding hydrogens is 446 g/mol. The van der Waals surface area contributed by atoms with Crippen LogP contribution in [0.15, 0.2) is 29.5 Å². The third-order valence-electron chi connectivity index (χ3n) is 6.33. The Morgan fingerprint density at radius 1 is 1.14 bits per heavy atom.